The molecule has 164 valence electrons. The van der Waals surface area contributed by atoms with Gasteiger partial charge in [-0.05, 0) is 92.3 Å². The van der Waals surface area contributed by atoms with Gasteiger partial charge in [-0.3, -0.25) is 4.79 Å². The zero-order valence-corrected chi connectivity index (χ0v) is 18.8. The fraction of sp³-hybridized carbons (Fsp3) is 0.500. The minimum Gasteiger partial charge on any atom is -0.490 e. The summed E-state index contributed by atoms with van der Waals surface area (Å²) in [5.41, 5.74) is 4.29. The van der Waals surface area contributed by atoms with E-state index in [1.165, 1.54) is 11.1 Å². The average molecular weight is 440 g/mol. The summed E-state index contributed by atoms with van der Waals surface area (Å²) in [5.74, 6) is 1.76. The number of nitrogens with zero attached hydrogens (tertiary/aromatic N) is 1. The number of aryl methyl sites for hydroxylation is 1. The molecule has 31 heavy (non-hydrogen) atoms. The Morgan fingerprint density at radius 2 is 2.06 bits per heavy atom. The molecule has 2 aromatic carbocycles. The number of hydrogen-bond acceptors (Lipinski definition) is 4. The van der Waals surface area contributed by atoms with Crippen molar-refractivity contribution in [3.63, 3.8) is 0 Å². The zero-order chi connectivity index (χ0) is 21.6. The third-order valence-electron chi connectivity index (χ3n) is 7.71. The molecule has 3 aliphatic rings. The summed E-state index contributed by atoms with van der Waals surface area (Å²) in [6.07, 6.45) is 5.47. The molecular formula is C26H30ClNO3. The van der Waals surface area contributed by atoms with Gasteiger partial charge in [-0.25, -0.2) is 0 Å². The Balaban J connectivity index is 1.56. The average Bonchev–Trinajstić information content (AvgIpc) is 2.89. The van der Waals surface area contributed by atoms with Gasteiger partial charge >= 0.3 is 0 Å². The minimum atomic E-state index is -0.105. The maximum atomic E-state index is 12.1. The van der Waals surface area contributed by atoms with Crippen molar-refractivity contribution in [2.75, 3.05) is 31.2 Å². The molecule has 0 saturated heterocycles. The second kappa shape index (κ2) is 8.14. The van der Waals surface area contributed by atoms with E-state index in [9.17, 15) is 9.90 Å². The molecule has 1 heterocycles. The first-order valence-electron chi connectivity index (χ1n) is 11.4. The van der Waals surface area contributed by atoms with Gasteiger partial charge < -0.3 is 14.7 Å². The third kappa shape index (κ3) is 3.74. The van der Waals surface area contributed by atoms with E-state index in [2.05, 4.69) is 17.0 Å². The van der Waals surface area contributed by atoms with Crippen molar-refractivity contribution < 1.29 is 14.6 Å². The summed E-state index contributed by atoms with van der Waals surface area (Å²) < 4.78 is 6.44. The fourth-order valence-electron chi connectivity index (χ4n) is 5.73. The van der Waals surface area contributed by atoms with Crippen molar-refractivity contribution in [2.45, 2.75) is 44.4 Å². The Bertz CT molecular complexity index is 1000. The topological polar surface area (TPSA) is 49.8 Å². The molecule has 2 aliphatic carbocycles. The number of aliphatic hydroxyl groups excluding tert-OH is 1. The monoisotopic (exact) mass is 439 g/mol. The van der Waals surface area contributed by atoms with Crippen molar-refractivity contribution in [1.29, 1.82) is 0 Å². The Morgan fingerprint density at radius 3 is 2.81 bits per heavy atom. The van der Waals surface area contributed by atoms with Crippen LogP contribution in [0, 0.1) is 11.8 Å². The van der Waals surface area contributed by atoms with Crippen molar-refractivity contribution in [3.05, 3.63) is 58.1 Å². The number of carbonyl (C=O) groups excluding carboxylic acids is 1. The lowest BCUT2D eigenvalue weighted by molar-refractivity contribution is 0.0936. The van der Waals surface area contributed by atoms with Gasteiger partial charge in [-0.2, -0.15) is 0 Å². The molecule has 0 radical (unpaired) electrons. The van der Waals surface area contributed by atoms with Crippen molar-refractivity contribution >= 4 is 23.1 Å². The second-order valence-electron chi connectivity index (χ2n) is 9.62. The van der Waals surface area contributed by atoms with Crippen LogP contribution < -0.4 is 9.64 Å². The minimum absolute atomic E-state index is 0.0660. The molecule has 0 aromatic heterocycles. The van der Waals surface area contributed by atoms with E-state index in [-0.39, 0.29) is 17.8 Å². The number of benzene rings is 2. The number of aliphatic hydroxyl groups is 1. The molecule has 1 aliphatic heterocycles. The van der Waals surface area contributed by atoms with Crippen LogP contribution in [0.4, 0.5) is 5.69 Å². The molecular weight excluding hydrogens is 410 g/mol. The lowest BCUT2D eigenvalue weighted by Crippen LogP contribution is -2.48. The van der Waals surface area contributed by atoms with Gasteiger partial charge in [-0.15, -0.1) is 0 Å². The standard InChI is InChI=1S/C26H30ClNO3/c1-17(30)18-6-9-25-24(12-18)28(13-20-4-5-21(20)14-29)15-26(16-31-25)10-2-3-19-11-22(27)7-8-23(19)26/h6-9,11-12,20-21,29H,2-5,10,13-16H2,1H3/t20-,21-,26-/m0/s1. The number of rotatable bonds is 4. The van der Waals surface area contributed by atoms with E-state index in [1.54, 1.807) is 6.92 Å². The number of ether oxygens (including phenoxy) is 1. The summed E-state index contributed by atoms with van der Waals surface area (Å²) in [4.78, 5) is 14.5. The number of halogens is 1. The quantitative estimate of drug-likeness (QED) is 0.678. The first-order chi connectivity index (χ1) is 15.0. The smallest absolute Gasteiger partial charge is 0.159 e. The summed E-state index contributed by atoms with van der Waals surface area (Å²) >= 11 is 6.31. The van der Waals surface area contributed by atoms with Crippen LogP contribution in [0.2, 0.25) is 5.02 Å². The maximum absolute atomic E-state index is 12.1. The van der Waals surface area contributed by atoms with E-state index >= 15 is 0 Å². The normalized spacial score (nSPS) is 27.0. The lowest BCUT2D eigenvalue weighted by atomic mass is 9.69. The van der Waals surface area contributed by atoms with Crippen LogP contribution in [0.15, 0.2) is 36.4 Å². The van der Waals surface area contributed by atoms with Crippen LogP contribution in [0.3, 0.4) is 0 Å². The summed E-state index contributed by atoms with van der Waals surface area (Å²) in [6, 6.07) is 12.1. The van der Waals surface area contributed by atoms with E-state index < -0.39 is 0 Å². The molecule has 3 atom stereocenters. The molecule has 1 spiro atoms. The van der Waals surface area contributed by atoms with E-state index in [4.69, 9.17) is 16.3 Å². The molecule has 2 aromatic rings. The number of carbonyl (C=O) groups is 1. The van der Waals surface area contributed by atoms with Gasteiger partial charge in [0, 0.05) is 35.7 Å². The molecule has 0 bridgehead atoms. The van der Waals surface area contributed by atoms with Gasteiger partial charge in [0.15, 0.2) is 5.78 Å². The molecule has 5 rings (SSSR count). The van der Waals surface area contributed by atoms with Gasteiger partial charge in [0.05, 0.1) is 12.3 Å². The van der Waals surface area contributed by atoms with Gasteiger partial charge in [0.25, 0.3) is 0 Å². The highest BCUT2D eigenvalue weighted by Gasteiger charge is 2.43. The summed E-state index contributed by atoms with van der Waals surface area (Å²) in [7, 11) is 0. The SMILES string of the molecule is CC(=O)c1ccc2c(c1)N(C[C@@H]1CC[C@H]1CO)C[C@@]1(CCCc3cc(Cl)ccc31)CO2. The number of hydrogen-bond donors (Lipinski definition) is 1. The highest BCUT2D eigenvalue weighted by Crippen LogP contribution is 2.46. The Hall–Kier alpha value is -2.04. The predicted octanol–water partition coefficient (Wildman–Crippen LogP) is 5.03. The van der Waals surface area contributed by atoms with E-state index in [0.29, 0.717) is 24.0 Å². The number of anilines is 1. The lowest BCUT2D eigenvalue weighted by Gasteiger charge is -2.44. The van der Waals surface area contributed by atoms with Crippen molar-refractivity contribution in [2.24, 2.45) is 11.8 Å². The molecule has 1 N–H and O–H groups in total. The van der Waals surface area contributed by atoms with Gasteiger partial charge in [0.1, 0.15) is 5.75 Å². The first kappa shape index (κ1) is 20.8. The molecule has 4 nitrogen and oxygen atoms in total. The summed E-state index contributed by atoms with van der Waals surface area (Å²) in [5, 5.41) is 10.5. The van der Waals surface area contributed by atoms with Crippen LogP contribution in [-0.4, -0.2) is 37.2 Å². The first-order valence-corrected chi connectivity index (χ1v) is 11.8. The molecule has 0 amide bonds. The van der Waals surface area contributed by atoms with E-state index in [0.717, 1.165) is 61.7 Å². The maximum Gasteiger partial charge on any atom is 0.159 e. The van der Waals surface area contributed by atoms with Crippen LogP contribution in [-0.2, 0) is 11.8 Å². The van der Waals surface area contributed by atoms with Crippen LogP contribution in [0.5, 0.6) is 5.75 Å². The third-order valence-corrected chi connectivity index (χ3v) is 7.94. The van der Waals surface area contributed by atoms with Crippen LogP contribution in [0.25, 0.3) is 0 Å². The molecule has 0 unspecified atom stereocenters. The van der Waals surface area contributed by atoms with Crippen LogP contribution in [0.1, 0.15) is 54.1 Å². The molecule has 1 saturated carbocycles. The van der Waals surface area contributed by atoms with Gasteiger partial charge in [0.2, 0.25) is 0 Å². The zero-order valence-electron chi connectivity index (χ0n) is 18.1. The Morgan fingerprint density at radius 1 is 1.23 bits per heavy atom. The number of fused-ring (bicyclic) bond motifs is 3. The van der Waals surface area contributed by atoms with Crippen molar-refractivity contribution in [3.8, 4) is 5.75 Å². The molecule has 5 heteroatoms. The summed E-state index contributed by atoms with van der Waals surface area (Å²) in [6.45, 7) is 4.22. The second-order valence-corrected chi connectivity index (χ2v) is 10.1. The number of Topliss-reactive ketones (excluding diaryl/α,β-unsaturated/α-hetero) is 1. The fourth-order valence-corrected chi connectivity index (χ4v) is 5.93. The predicted molar refractivity (Wildman–Crippen MR) is 124 cm³/mol. The highest BCUT2D eigenvalue weighted by atomic mass is 35.5. The van der Waals surface area contributed by atoms with E-state index in [1.807, 2.05) is 24.3 Å². The molecule has 1 fully saturated rings. The van der Waals surface area contributed by atoms with Crippen LogP contribution >= 0.6 is 11.6 Å². The Kier molecular flexibility index (Phi) is 5.47. The Labute approximate surface area is 189 Å². The largest absolute Gasteiger partial charge is 0.490 e. The van der Waals surface area contributed by atoms with Gasteiger partial charge in [-0.1, -0.05) is 17.7 Å². The highest BCUT2D eigenvalue weighted by molar-refractivity contribution is 6.30. The van der Waals surface area contributed by atoms with Crippen molar-refractivity contribution in [1.82, 2.24) is 0 Å². The number of ketones is 1.